The summed E-state index contributed by atoms with van der Waals surface area (Å²) >= 11 is 3.66. The van der Waals surface area contributed by atoms with Gasteiger partial charge in [0.25, 0.3) is 5.56 Å². The largest absolute Gasteiger partial charge is 0.490 e. The molecule has 0 unspecified atom stereocenters. The van der Waals surface area contributed by atoms with Crippen molar-refractivity contribution in [2.75, 3.05) is 6.61 Å². The third kappa shape index (κ3) is 3.85. The highest BCUT2D eigenvalue weighted by Crippen LogP contribution is 2.35. The van der Waals surface area contributed by atoms with Gasteiger partial charge in [0, 0.05) is 0 Å². The number of para-hydroxylation sites is 2. The van der Waals surface area contributed by atoms with Crippen molar-refractivity contribution in [3.63, 3.8) is 0 Å². The van der Waals surface area contributed by atoms with Crippen molar-refractivity contribution in [2.45, 2.75) is 33.3 Å². The van der Waals surface area contributed by atoms with E-state index < -0.39 is 0 Å². The Kier molecular flexibility index (Phi) is 5.78. The van der Waals surface area contributed by atoms with Crippen LogP contribution in [0.5, 0.6) is 11.5 Å². The average molecular weight is 520 g/mol. The minimum absolute atomic E-state index is 0.0494. The second-order valence-electron chi connectivity index (χ2n) is 6.73. The SMILES string of the molecule is CCOc1cc(/C=c2\sc3nc4ccccc4n3c2=O)cc(I)c1O[C@@H](C)CC. The summed E-state index contributed by atoms with van der Waals surface area (Å²) in [6.07, 6.45) is 2.91. The summed E-state index contributed by atoms with van der Waals surface area (Å²) in [5, 5.41) is 0. The van der Waals surface area contributed by atoms with E-state index in [0.717, 1.165) is 32.3 Å². The molecule has 0 radical (unpaired) electrons. The summed E-state index contributed by atoms with van der Waals surface area (Å²) in [6, 6.07) is 11.6. The van der Waals surface area contributed by atoms with Gasteiger partial charge in [-0.25, -0.2) is 9.38 Å². The molecule has 0 saturated heterocycles. The van der Waals surface area contributed by atoms with E-state index >= 15 is 0 Å². The van der Waals surface area contributed by atoms with E-state index in [1.165, 1.54) is 11.3 Å². The van der Waals surface area contributed by atoms with Crippen LogP contribution in [-0.2, 0) is 0 Å². The number of hydrogen-bond acceptors (Lipinski definition) is 5. The highest BCUT2D eigenvalue weighted by atomic mass is 127. The topological polar surface area (TPSA) is 52.8 Å². The minimum atomic E-state index is -0.0494. The first-order chi connectivity index (χ1) is 14.0. The van der Waals surface area contributed by atoms with Gasteiger partial charge in [-0.05, 0) is 78.8 Å². The predicted octanol–water partition coefficient (Wildman–Crippen LogP) is 4.64. The molecule has 0 saturated carbocycles. The van der Waals surface area contributed by atoms with Gasteiger partial charge in [-0.15, -0.1) is 0 Å². The molecule has 2 heterocycles. The number of fused-ring (bicyclic) bond motifs is 3. The fourth-order valence-corrected chi connectivity index (χ4v) is 4.84. The van der Waals surface area contributed by atoms with Crippen LogP contribution in [0.4, 0.5) is 0 Å². The Labute approximate surface area is 186 Å². The molecule has 2 aromatic carbocycles. The maximum atomic E-state index is 13.0. The Hall–Kier alpha value is -2.13. The van der Waals surface area contributed by atoms with Crippen LogP contribution >= 0.6 is 33.9 Å². The molecule has 1 atom stereocenters. The van der Waals surface area contributed by atoms with Gasteiger partial charge in [0.05, 0.1) is 31.8 Å². The third-order valence-electron chi connectivity index (χ3n) is 4.67. The van der Waals surface area contributed by atoms with Crippen LogP contribution < -0.4 is 19.6 Å². The van der Waals surface area contributed by atoms with Crippen molar-refractivity contribution < 1.29 is 9.47 Å². The molecule has 29 heavy (non-hydrogen) atoms. The second-order valence-corrected chi connectivity index (χ2v) is 8.91. The molecular weight excluding hydrogens is 499 g/mol. The predicted molar refractivity (Wildman–Crippen MR) is 126 cm³/mol. The van der Waals surface area contributed by atoms with Crippen molar-refractivity contribution in [3.8, 4) is 11.5 Å². The monoisotopic (exact) mass is 520 g/mol. The summed E-state index contributed by atoms with van der Waals surface area (Å²) in [6.45, 7) is 6.63. The number of rotatable bonds is 6. The first-order valence-electron chi connectivity index (χ1n) is 9.56. The molecule has 2 aromatic heterocycles. The van der Waals surface area contributed by atoms with Crippen molar-refractivity contribution in [1.29, 1.82) is 0 Å². The van der Waals surface area contributed by atoms with Gasteiger partial charge in [0.1, 0.15) is 0 Å². The number of thiazole rings is 1. The first kappa shape index (κ1) is 20.2. The highest BCUT2D eigenvalue weighted by Gasteiger charge is 2.15. The Morgan fingerprint density at radius 1 is 1.28 bits per heavy atom. The summed E-state index contributed by atoms with van der Waals surface area (Å²) in [5.74, 6) is 1.46. The van der Waals surface area contributed by atoms with Crippen LogP contribution in [-0.4, -0.2) is 22.1 Å². The zero-order valence-electron chi connectivity index (χ0n) is 16.4. The molecule has 0 amide bonds. The van der Waals surface area contributed by atoms with Crippen LogP contribution in [0, 0.1) is 3.57 Å². The second kappa shape index (κ2) is 8.31. The molecule has 0 aliphatic carbocycles. The molecular formula is C22H21IN2O3S. The van der Waals surface area contributed by atoms with E-state index in [4.69, 9.17) is 9.47 Å². The van der Waals surface area contributed by atoms with Crippen LogP contribution in [0.3, 0.4) is 0 Å². The van der Waals surface area contributed by atoms with E-state index in [9.17, 15) is 4.79 Å². The van der Waals surface area contributed by atoms with Crippen molar-refractivity contribution in [2.24, 2.45) is 0 Å². The molecule has 5 nitrogen and oxygen atoms in total. The molecule has 0 spiro atoms. The molecule has 0 aliphatic rings. The van der Waals surface area contributed by atoms with Gasteiger partial charge >= 0.3 is 0 Å². The molecule has 150 valence electrons. The van der Waals surface area contributed by atoms with Crippen molar-refractivity contribution in [3.05, 3.63) is 60.4 Å². The van der Waals surface area contributed by atoms with E-state index in [2.05, 4.69) is 34.5 Å². The number of ether oxygens (including phenoxy) is 2. The standard InChI is InChI=1S/C22H21IN2O3S/c1-4-13(3)28-20-15(23)10-14(11-18(20)27-5-2)12-19-21(26)25-17-9-7-6-8-16(17)24-22(25)29-19/h6-13H,4-5H2,1-3H3/b19-12-/t13-/m0/s1. The fourth-order valence-electron chi connectivity index (χ4n) is 3.10. The Balaban J connectivity index is 1.83. The smallest absolute Gasteiger partial charge is 0.274 e. The summed E-state index contributed by atoms with van der Waals surface area (Å²) in [5.41, 5.74) is 2.53. The number of aromatic nitrogens is 2. The van der Waals surface area contributed by atoms with Crippen LogP contribution in [0.1, 0.15) is 32.8 Å². The van der Waals surface area contributed by atoms with E-state index in [-0.39, 0.29) is 11.7 Å². The molecule has 0 fully saturated rings. The number of nitrogens with zero attached hydrogens (tertiary/aromatic N) is 2. The Morgan fingerprint density at radius 3 is 2.83 bits per heavy atom. The maximum absolute atomic E-state index is 13.0. The zero-order chi connectivity index (χ0) is 20.5. The zero-order valence-corrected chi connectivity index (χ0v) is 19.4. The minimum Gasteiger partial charge on any atom is -0.490 e. The van der Waals surface area contributed by atoms with Crippen molar-refractivity contribution >= 4 is 56.0 Å². The van der Waals surface area contributed by atoms with Gasteiger partial charge in [0.15, 0.2) is 16.5 Å². The molecule has 0 bridgehead atoms. The third-order valence-corrected chi connectivity index (χ3v) is 6.44. The fraction of sp³-hybridized carbons (Fsp3) is 0.273. The normalized spacial score (nSPS) is 13.3. The van der Waals surface area contributed by atoms with E-state index in [1.54, 1.807) is 4.40 Å². The lowest BCUT2D eigenvalue weighted by molar-refractivity contribution is 0.201. The van der Waals surface area contributed by atoms with Gasteiger partial charge < -0.3 is 9.47 Å². The van der Waals surface area contributed by atoms with Crippen LogP contribution in [0.2, 0.25) is 0 Å². The quantitative estimate of drug-likeness (QED) is 0.348. The van der Waals surface area contributed by atoms with Gasteiger partial charge in [-0.3, -0.25) is 4.79 Å². The number of hydrogen-bond donors (Lipinski definition) is 0. The molecule has 0 aliphatic heterocycles. The van der Waals surface area contributed by atoms with Crippen LogP contribution in [0.25, 0.3) is 22.1 Å². The lowest BCUT2D eigenvalue weighted by Gasteiger charge is -2.18. The molecule has 0 N–H and O–H groups in total. The summed E-state index contributed by atoms with van der Waals surface area (Å²) in [4.78, 5) is 18.3. The Bertz CT molecular complexity index is 1300. The number of benzene rings is 2. The summed E-state index contributed by atoms with van der Waals surface area (Å²) in [7, 11) is 0. The highest BCUT2D eigenvalue weighted by molar-refractivity contribution is 14.1. The van der Waals surface area contributed by atoms with Gasteiger partial charge in [-0.2, -0.15) is 0 Å². The van der Waals surface area contributed by atoms with Crippen LogP contribution in [0.15, 0.2) is 41.2 Å². The van der Waals surface area contributed by atoms with E-state index in [0.29, 0.717) is 21.8 Å². The maximum Gasteiger partial charge on any atom is 0.274 e. The Morgan fingerprint density at radius 2 is 2.07 bits per heavy atom. The number of imidazole rings is 1. The lowest BCUT2D eigenvalue weighted by atomic mass is 10.2. The van der Waals surface area contributed by atoms with Gasteiger partial charge in [-0.1, -0.05) is 30.4 Å². The lowest BCUT2D eigenvalue weighted by Crippen LogP contribution is -2.22. The summed E-state index contributed by atoms with van der Waals surface area (Å²) < 4.78 is 15.2. The molecule has 4 rings (SSSR count). The first-order valence-corrected chi connectivity index (χ1v) is 11.5. The number of halogens is 1. The van der Waals surface area contributed by atoms with Gasteiger partial charge in [0.2, 0.25) is 0 Å². The molecule has 7 heteroatoms. The molecule has 4 aromatic rings. The average Bonchev–Trinajstić information content (AvgIpc) is 3.21. The van der Waals surface area contributed by atoms with E-state index in [1.807, 2.05) is 56.3 Å². The van der Waals surface area contributed by atoms with Crippen molar-refractivity contribution in [1.82, 2.24) is 9.38 Å².